The van der Waals surface area contributed by atoms with Crippen LogP contribution < -0.4 is 0 Å². The van der Waals surface area contributed by atoms with E-state index < -0.39 is 73.1 Å². The number of esters is 1. The average molecular weight is 845 g/mol. The summed E-state index contributed by atoms with van der Waals surface area (Å²) in [4.78, 5) is 14.3. The molecular formula is C47H72O13. The summed E-state index contributed by atoms with van der Waals surface area (Å²) in [5.74, 6) is -1.51. The molecule has 5 saturated heterocycles. The molecule has 13 heteroatoms. The lowest BCUT2D eigenvalue weighted by molar-refractivity contribution is -0.340. The largest absolute Gasteiger partial charge is 0.462 e. The van der Waals surface area contributed by atoms with Crippen molar-refractivity contribution >= 4 is 5.97 Å². The third-order valence-electron chi connectivity index (χ3n) is 14.2. The van der Waals surface area contributed by atoms with Crippen molar-refractivity contribution in [1.82, 2.24) is 0 Å². The van der Waals surface area contributed by atoms with Crippen LogP contribution in [0.2, 0.25) is 0 Å². The lowest BCUT2D eigenvalue weighted by Gasteiger charge is -2.50. The van der Waals surface area contributed by atoms with E-state index in [1.165, 1.54) is 0 Å². The first-order valence-corrected chi connectivity index (χ1v) is 22.5. The zero-order chi connectivity index (χ0) is 43.0. The van der Waals surface area contributed by atoms with Crippen molar-refractivity contribution in [2.75, 3.05) is 20.8 Å². The van der Waals surface area contributed by atoms with Crippen LogP contribution in [0.3, 0.4) is 0 Å². The molecule has 0 aromatic carbocycles. The molecule has 0 amide bonds. The molecule has 5 fully saturated rings. The molecule has 7 aliphatic rings. The Morgan fingerprint density at radius 3 is 2.33 bits per heavy atom. The Balaban J connectivity index is 1.16. The highest BCUT2D eigenvalue weighted by Gasteiger charge is 2.52. The lowest BCUT2D eigenvalue weighted by Crippen LogP contribution is -2.55. The van der Waals surface area contributed by atoms with Gasteiger partial charge in [-0.1, -0.05) is 58.1 Å². The van der Waals surface area contributed by atoms with E-state index in [0.29, 0.717) is 56.1 Å². The van der Waals surface area contributed by atoms with Crippen LogP contribution in [0.25, 0.3) is 0 Å². The fourth-order valence-corrected chi connectivity index (χ4v) is 10.8. The molecule has 0 aromatic rings. The van der Waals surface area contributed by atoms with Gasteiger partial charge in [-0.15, -0.1) is 0 Å². The first-order chi connectivity index (χ1) is 28.6. The van der Waals surface area contributed by atoms with E-state index in [-0.39, 0.29) is 42.2 Å². The number of hydrogen-bond donors (Lipinski definition) is 2. The first kappa shape index (κ1) is 46.0. The van der Waals surface area contributed by atoms with E-state index in [4.69, 9.17) is 47.4 Å². The average Bonchev–Trinajstić information content (AvgIpc) is 3.63. The Bertz CT molecular complexity index is 1610. The van der Waals surface area contributed by atoms with Crippen molar-refractivity contribution in [2.45, 2.75) is 192 Å². The standard InChI is InChI=1S/C47H72O13/c1-24(2)42-27(5)16-17-47(60-42)22-33-19-32(59-47)15-14-26(4)43(25(3)12-11-13-31-23-53-45-39(31)34(46(50)56-33)18-28(6)40(45)48)57-38-21-36(52-10)44(30(8)55-38)58-37-20-35(51-9)41(49)29(7)54-37/h11-14,18,24-25,27,29-30,32-45,48-49H,15-17,19-23H2,1-10H3/b12-11+,26-14+,31-13+/t25-,27-,29+,30-,32+,33-,34+,35+,36-,37-,38-,39+,40+,41-,42-,43-,44-,45+,47+/m0/s1. The minimum atomic E-state index is -0.863. The number of aliphatic hydroxyl groups excluding tert-OH is 2. The van der Waals surface area contributed by atoms with Gasteiger partial charge in [-0.2, -0.15) is 0 Å². The van der Waals surface area contributed by atoms with E-state index in [0.717, 1.165) is 24.0 Å². The zero-order valence-electron chi connectivity index (χ0n) is 37.4. The van der Waals surface area contributed by atoms with Gasteiger partial charge in [0.15, 0.2) is 18.4 Å². The second-order valence-corrected chi connectivity index (χ2v) is 19.1. The summed E-state index contributed by atoms with van der Waals surface area (Å²) in [6, 6.07) is 0. The minimum absolute atomic E-state index is 0.0247. The van der Waals surface area contributed by atoms with Gasteiger partial charge in [0.2, 0.25) is 0 Å². The van der Waals surface area contributed by atoms with E-state index in [2.05, 4.69) is 46.8 Å². The van der Waals surface area contributed by atoms with E-state index in [9.17, 15) is 15.0 Å². The van der Waals surface area contributed by atoms with E-state index in [1.54, 1.807) is 14.2 Å². The van der Waals surface area contributed by atoms with Crippen LogP contribution in [0.15, 0.2) is 47.1 Å². The number of aliphatic hydroxyl groups is 2. The molecule has 1 aliphatic carbocycles. The van der Waals surface area contributed by atoms with Crippen LogP contribution in [0.1, 0.15) is 100 Å². The van der Waals surface area contributed by atoms with Crippen molar-refractivity contribution in [2.24, 2.45) is 29.6 Å². The Kier molecular flexibility index (Phi) is 14.9. The SMILES string of the molecule is CO[C@H]1C[C@H](O[C@@H]2/C(C)=C/C[C@@H]3C[C@@H](C[C@]4(CC[C@H](C)[C@H](C(C)C)O4)O3)OC(=O)[C@@H]3C=C(C)[C@@H](O)[C@@H]4OC/C(=C\C=C\[C@@H]2C)[C@@H]43)O[C@@H](C)[C@@H]1O[C@H]1C[C@@H](OC)[C@@H](O)[C@@H](C)O1. The molecule has 0 aromatic heterocycles. The molecule has 0 radical (unpaired) electrons. The molecule has 19 atom stereocenters. The molecule has 6 aliphatic heterocycles. The number of carbonyl (C=O) groups is 1. The highest BCUT2D eigenvalue weighted by Crippen LogP contribution is 2.46. The first-order valence-electron chi connectivity index (χ1n) is 22.5. The minimum Gasteiger partial charge on any atom is -0.462 e. The fraction of sp³-hybridized carbons (Fsp3) is 0.809. The van der Waals surface area contributed by atoms with Gasteiger partial charge < -0.3 is 57.6 Å². The number of fused-ring (bicyclic) bond motifs is 2. The highest BCUT2D eigenvalue weighted by molar-refractivity contribution is 5.76. The highest BCUT2D eigenvalue weighted by atomic mass is 16.7. The van der Waals surface area contributed by atoms with Crippen molar-refractivity contribution in [1.29, 1.82) is 0 Å². The zero-order valence-corrected chi connectivity index (χ0v) is 37.4. The fourth-order valence-electron chi connectivity index (χ4n) is 10.8. The molecule has 2 bridgehead atoms. The summed E-state index contributed by atoms with van der Waals surface area (Å²) in [6.07, 6.45) is 7.98. The van der Waals surface area contributed by atoms with Crippen molar-refractivity contribution in [3.8, 4) is 0 Å². The maximum absolute atomic E-state index is 14.3. The van der Waals surface area contributed by atoms with Crippen LogP contribution in [0.4, 0.5) is 0 Å². The van der Waals surface area contributed by atoms with Gasteiger partial charge in [0.1, 0.15) is 24.4 Å². The number of carbonyl (C=O) groups excluding carboxylic acids is 1. The van der Waals surface area contributed by atoms with Crippen LogP contribution in [-0.4, -0.2) is 129 Å². The van der Waals surface area contributed by atoms with Crippen molar-refractivity contribution in [3.63, 3.8) is 0 Å². The van der Waals surface area contributed by atoms with Gasteiger partial charge in [-0.25, -0.2) is 0 Å². The summed E-state index contributed by atoms with van der Waals surface area (Å²) in [6.45, 7) is 16.8. The summed E-state index contributed by atoms with van der Waals surface area (Å²) >= 11 is 0. The predicted molar refractivity (Wildman–Crippen MR) is 221 cm³/mol. The van der Waals surface area contributed by atoms with Gasteiger partial charge >= 0.3 is 5.97 Å². The van der Waals surface area contributed by atoms with Crippen molar-refractivity contribution in [3.05, 3.63) is 47.1 Å². The molecule has 7 rings (SSSR count). The Hall–Kier alpha value is -2.01. The quantitative estimate of drug-likeness (QED) is 0.225. The Morgan fingerprint density at radius 1 is 0.883 bits per heavy atom. The summed E-state index contributed by atoms with van der Waals surface area (Å²) in [5, 5.41) is 21.7. The second-order valence-electron chi connectivity index (χ2n) is 19.1. The molecule has 6 heterocycles. The number of hydrogen-bond acceptors (Lipinski definition) is 13. The molecular weight excluding hydrogens is 773 g/mol. The summed E-state index contributed by atoms with van der Waals surface area (Å²) < 4.78 is 64.1. The smallest absolute Gasteiger partial charge is 0.313 e. The van der Waals surface area contributed by atoms with Gasteiger partial charge in [-0.3, -0.25) is 4.79 Å². The van der Waals surface area contributed by atoms with Gasteiger partial charge in [0.25, 0.3) is 0 Å². The molecule has 0 unspecified atom stereocenters. The third-order valence-corrected chi connectivity index (χ3v) is 14.2. The number of rotatable bonds is 7. The molecule has 0 saturated carbocycles. The van der Waals surface area contributed by atoms with Crippen LogP contribution in [-0.2, 0) is 52.2 Å². The molecule has 2 N–H and O–H groups in total. The number of methoxy groups -OCH3 is 2. The van der Waals surface area contributed by atoms with Crippen LogP contribution in [0, 0.1) is 29.6 Å². The summed E-state index contributed by atoms with van der Waals surface area (Å²) in [7, 11) is 3.25. The van der Waals surface area contributed by atoms with Crippen molar-refractivity contribution < 1.29 is 62.4 Å². The number of ether oxygens (including phenoxy) is 10. The monoisotopic (exact) mass is 844 g/mol. The molecule has 338 valence electrons. The van der Waals surface area contributed by atoms with Gasteiger partial charge in [0, 0.05) is 58.2 Å². The normalized spacial score (nSPS) is 49.0. The third kappa shape index (κ3) is 9.87. The summed E-state index contributed by atoms with van der Waals surface area (Å²) in [5.41, 5.74) is 2.69. The molecule has 13 nitrogen and oxygen atoms in total. The van der Waals surface area contributed by atoms with E-state index in [1.807, 2.05) is 39.0 Å². The Morgan fingerprint density at radius 2 is 1.60 bits per heavy atom. The second kappa shape index (κ2) is 19.4. The number of allylic oxidation sites excluding steroid dienone is 2. The van der Waals surface area contributed by atoms with Crippen LogP contribution >= 0.6 is 0 Å². The Labute approximate surface area is 357 Å². The maximum Gasteiger partial charge on any atom is 0.313 e. The topological polar surface area (TPSA) is 150 Å². The van der Waals surface area contributed by atoms with Gasteiger partial charge in [-0.05, 0) is 69.1 Å². The van der Waals surface area contributed by atoms with Gasteiger partial charge in [0.05, 0.1) is 61.4 Å². The lowest BCUT2D eigenvalue weighted by atomic mass is 9.75. The molecule has 60 heavy (non-hydrogen) atoms. The molecule has 1 spiro atoms. The van der Waals surface area contributed by atoms with E-state index >= 15 is 0 Å². The predicted octanol–water partition coefficient (Wildman–Crippen LogP) is 6.10. The van der Waals surface area contributed by atoms with Crippen LogP contribution in [0.5, 0.6) is 0 Å². The maximum atomic E-state index is 14.3.